The third-order valence-corrected chi connectivity index (χ3v) is 3.43. The molecule has 1 aromatic carbocycles. The molecule has 4 heteroatoms. The van der Waals surface area contributed by atoms with Gasteiger partial charge < -0.3 is 10.4 Å². The topological polar surface area (TPSA) is 52.6 Å². The standard InChI is InChI=1S/C14H20N2O2/c1-11-2-4-12(5-3-11)13(14(17)18)10-16-8-6-15-7-9-16/h2-5,13,15H,6-10H2,1H3,(H,17,18). The molecule has 18 heavy (non-hydrogen) atoms. The average Bonchev–Trinajstić information content (AvgIpc) is 2.38. The Hall–Kier alpha value is -1.39. The monoisotopic (exact) mass is 248 g/mol. The van der Waals surface area contributed by atoms with Crippen LogP contribution in [0, 0.1) is 6.92 Å². The van der Waals surface area contributed by atoms with Crippen LogP contribution in [0.2, 0.25) is 0 Å². The Balaban J connectivity index is 2.07. The van der Waals surface area contributed by atoms with Crippen LogP contribution in [0.4, 0.5) is 0 Å². The second kappa shape index (κ2) is 5.98. The van der Waals surface area contributed by atoms with Gasteiger partial charge in [-0.25, -0.2) is 0 Å². The number of benzene rings is 1. The minimum atomic E-state index is -0.739. The summed E-state index contributed by atoms with van der Waals surface area (Å²) in [6.07, 6.45) is 0. The van der Waals surface area contributed by atoms with Crippen molar-refractivity contribution < 1.29 is 9.90 Å². The van der Waals surface area contributed by atoms with Gasteiger partial charge in [-0.2, -0.15) is 0 Å². The van der Waals surface area contributed by atoms with Crippen LogP contribution < -0.4 is 5.32 Å². The minimum Gasteiger partial charge on any atom is -0.481 e. The molecule has 1 saturated heterocycles. The van der Waals surface area contributed by atoms with E-state index >= 15 is 0 Å². The second-order valence-corrected chi connectivity index (χ2v) is 4.85. The molecule has 0 spiro atoms. The van der Waals surface area contributed by atoms with Gasteiger partial charge in [0.25, 0.3) is 0 Å². The average molecular weight is 248 g/mol. The third-order valence-electron chi connectivity index (χ3n) is 3.43. The molecular weight excluding hydrogens is 228 g/mol. The quantitative estimate of drug-likeness (QED) is 0.837. The first-order chi connectivity index (χ1) is 8.66. The molecule has 1 aliphatic heterocycles. The SMILES string of the molecule is Cc1ccc(C(CN2CCNCC2)C(=O)O)cc1. The normalized spacial score (nSPS) is 18.5. The number of carbonyl (C=O) groups is 1. The molecule has 98 valence electrons. The van der Waals surface area contributed by atoms with E-state index in [9.17, 15) is 9.90 Å². The third kappa shape index (κ3) is 3.31. The fourth-order valence-electron chi connectivity index (χ4n) is 2.28. The summed E-state index contributed by atoms with van der Waals surface area (Å²) in [6.45, 7) is 6.35. The number of carboxylic acids is 1. The molecule has 0 saturated carbocycles. The first kappa shape index (κ1) is 13.1. The molecule has 0 aliphatic carbocycles. The summed E-state index contributed by atoms with van der Waals surface area (Å²) in [5.74, 6) is -1.17. The number of carboxylic acid groups (broad SMARTS) is 1. The van der Waals surface area contributed by atoms with Gasteiger partial charge in [0, 0.05) is 32.7 Å². The van der Waals surface area contributed by atoms with E-state index in [1.807, 2.05) is 31.2 Å². The van der Waals surface area contributed by atoms with Crippen molar-refractivity contribution in [3.05, 3.63) is 35.4 Å². The van der Waals surface area contributed by atoms with Gasteiger partial charge in [0.2, 0.25) is 0 Å². The van der Waals surface area contributed by atoms with Crippen LogP contribution in [0.3, 0.4) is 0 Å². The van der Waals surface area contributed by atoms with Crippen LogP contribution in [0.25, 0.3) is 0 Å². The molecular formula is C14H20N2O2. The molecule has 0 aromatic heterocycles. The molecule has 4 nitrogen and oxygen atoms in total. The van der Waals surface area contributed by atoms with Crippen LogP contribution >= 0.6 is 0 Å². The summed E-state index contributed by atoms with van der Waals surface area (Å²) in [4.78, 5) is 13.6. The molecule has 1 atom stereocenters. The van der Waals surface area contributed by atoms with E-state index in [4.69, 9.17) is 0 Å². The second-order valence-electron chi connectivity index (χ2n) is 4.85. The van der Waals surface area contributed by atoms with E-state index < -0.39 is 11.9 Å². The molecule has 2 rings (SSSR count). The van der Waals surface area contributed by atoms with E-state index in [1.165, 1.54) is 0 Å². The maximum Gasteiger partial charge on any atom is 0.312 e. The fourth-order valence-corrected chi connectivity index (χ4v) is 2.28. The Kier molecular flexibility index (Phi) is 4.33. The van der Waals surface area contributed by atoms with Crippen molar-refractivity contribution in [2.24, 2.45) is 0 Å². The number of hydrogen-bond donors (Lipinski definition) is 2. The summed E-state index contributed by atoms with van der Waals surface area (Å²) in [7, 11) is 0. The maximum absolute atomic E-state index is 11.4. The number of aliphatic carboxylic acids is 1. The van der Waals surface area contributed by atoms with Crippen molar-refractivity contribution >= 4 is 5.97 Å². The largest absolute Gasteiger partial charge is 0.481 e. The lowest BCUT2D eigenvalue weighted by Gasteiger charge is -2.29. The van der Waals surface area contributed by atoms with E-state index in [0.29, 0.717) is 6.54 Å². The number of hydrogen-bond acceptors (Lipinski definition) is 3. The molecule has 2 N–H and O–H groups in total. The van der Waals surface area contributed by atoms with Crippen molar-refractivity contribution in [3.63, 3.8) is 0 Å². The summed E-state index contributed by atoms with van der Waals surface area (Å²) >= 11 is 0. The first-order valence-corrected chi connectivity index (χ1v) is 6.39. The lowest BCUT2D eigenvalue weighted by Crippen LogP contribution is -2.45. The molecule has 1 aliphatic rings. The van der Waals surface area contributed by atoms with E-state index in [-0.39, 0.29) is 0 Å². The van der Waals surface area contributed by atoms with Crippen LogP contribution in [0.1, 0.15) is 17.0 Å². The lowest BCUT2D eigenvalue weighted by atomic mass is 9.97. The van der Waals surface area contributed by atoms with Crippen molar-refractivity contribution in [1.29, 1.82) is 0 Å². The number of nitrogens with one attached hydrogen (secondary N) is 1. The van der Waals surface area contributed by atoms with Crippen molar-refractivity contribution in [1.82, 2.24) is 10.2 Å². The van der Waals surface area contributed by atoms with E-state index in [0.717, 1.165) is 37.3 Å². The molecule has 1 heterocycles. The van der Waals surface area contributed by atoms with Crippen molar-refractivity contribution in [2.45, 2.75) is 12.8 Å². The smallest absolute Gasteiger partial charge is 0.312 e. The zero-order chi connectivity index (χ0) is 13.0. The predicted molar refractivity (Wildman–Crippen MR) is 70.9 cm³/mol. The Morgan fingerprint density at radius 1 is 1.33 bits per heavy atom. The Bertz CT molecular complexity index is 397. The van der Waals surface area contributed by atoms with E-state index in [1.54, 1.807) is 0 Å². The Morgan fingerprint density at radius 3 is 2.50 bits per heavy atom. The van der Waals surface area contributed by atoms with Gasteiger partial charge in [0.1, 0.15) is 0 Å². The minimum absolute atomic E-state index is 0.427. The van der Waals surface area contributed by atoms with Gasteiger partial charge in [-0.1, -0.05) is 29.8 Å². The van der Waals surface area contributed by atoms with Gasteiger partial charge in [-0.3, -0.25) is 9.69 Å². The highest BCUT2D eigenvalue weighted by atomic mass is 16.4. The van der Waals surface area contributed by atoms with Gasteiger partial charge in [-0.15, -0.1) is 0 Å². The number of aryl methyl sites for hydroxylation is 1. The van der Waals surface area contributed by atoms with Gasteiger partial charge in [0.05, 0.1) is 5.92 Å². The van der Waals surface area contributed by atoms with E-state index in [2.05, 4.69) is 10.2 Å². The molecule has 1 fully saturated rings. The molecule has 1 aromatic rings. The Morgan fingerprint density at radius 2 is 1.94 bits per heavy atom. The lowest BCUT2D eigenvalue weighted by molar-refractivity contribution is -0.139. The van der Waals surface area contributed by atoms with Gasteiger partial charge in [-0.05, 0) is 12.5 Å². The molecule has 0 amide bonds. The van der Waals surface area contributed by atoms with Crippen molar-refractivity contribution in [3.8, 4) is 0 Å². The molecule has 0 bridgehead atoms. The molecule has 0 radical (unpaired) electrons. The maximum atomic E-state index is 11.4. The van der Waals surface area contributed by atoms with Crippen LogP contribution in [-0.2, 0) is 4.79 Å². The van der Waals surface area contributed by atoms with Crippen LogP contribution in [-0.4, -0.2) is 48.7 Å². The predicted octanol–water partition coefficient (Wildman–Crippen LogP) is 1.07. The highest BCUT2D eigenvalue weighted by molar-refractivity contribution is 5.76. The van der Waals surface area contributed by atoms with Crippen LogP contribution in [0.15, 0.2) is 24.3 Å². The highest BCUT2D eigenvalue weighted by Gasteiger charge is 2.23. The van der Waals surface area contributed by atoms with Crippen LogP contribution in [0.5, 0.6) is 0 Å². The molecule has 1 unspecified atom stereocenters. The van der Waals surface area contributed by atoms with Gasteiger partial charge >= 0.3 is 5.97 Å². The summed E-state index contributed by atoms with van der Waals surface area (Å²) in [5, 5.41) is 12.7. The fraction of sp³-hybridized carbons (Fsp3) is 0.500. The number of piperazine rings is 1. The summed E-state index contributed by atoms with van der Waals surface area (Å²) in [5.41, 5.74) is 2.05. The zero-order valence-electron chi connectivity index (χ0n) is 10.7. The van der Waals surface area contributed by atoms with Crippen molar-refractivity contribution in [2.75, 3.05) is 32.7 Å². The summed E-state index contributed by atoms with van der Waals surface area (Å²) in [6, 6.07) is 7.80. The van der Waals surface area contributed by atoms with Gasteiger partial charge in [0.15, 0.2) is 0 Å². The number of nitrogens with zero attached hydrogens (tertiary/aromatic N) is 1. The highest BCUT2D eigenvalue weighted by Crippen LogP contribution is 2.18. The number of rotatable bonds is 4. The summed E-state index contributed by atoms with van der Waals surface area (Å²) < 4.78 is 0. The Labute approximate surface area is 108 Å². The zero-order valence-corrected chi connectivity index (χ0v) is 10.7. The first-order valence-electron chi connectivity index (χ1n) is 6.39.